The van der Waals surface area contributed by atoms with Crippen molar-refractivity contribution < 1.29 is 22.4 Å². The maximum Gasteiger partial charge on any atom is 0.411 e. The summed E-state index contributed by atoms with van der Waals surface area (Å²) in [4.78, 5) is 3.80. The van der Waals surface area contributed by atoms with Gasteiger partial charge in [0.2, 0.25) is 5.89 Å². The van der Waals surface area contributed by atoms with Gasteiger partial charge in [0.15, 0.2) is 5.82 Å². The smallest absolute Gasteiger partial charge is 0.364 e. The molecule has 0 aromatic carbocycles. The Morgan fingerprint density at radius 1 is 1.47 bits per heavy atom. The standard InChI is InChI=1S/C8H8F3N3O2S/c9-8(10,11)5-15-3-6-13-7(16-14-6)4-17-2-1-12/h2-5H2. The molecule has 0 bridgehead atoms. The van der Waals surface area contributed by atoms with Gasteiger partial charge in [-0.15, -0.1) is 11.8 Å². The maximum absolute atomic E-state index is 11.7. The first-order valence-corrected chi connectivity index (χ1v) is 5.57. The van der Waals surface area contributed by atoms with E-state index in [1.807, 2.05) is 6.07 Å². The van der Waals surface area contributed by atoms with Crippen molar-refractivity contribution in [2.24, 2.45) is 0 Å². The molecule has 0 aliphatic carbocycles. The Morgan fingerprint density at radius 3 is 2.88 bits per heavy atom. The summed E-state index contributed by atoms with van der Waals surface area (Å²) in [5.74, 6) is 0.944. The van der Waals surface area contributed by atoms with Crippen LogP contribution in [0, 0.1) is 11.3 Å². The molecule has 0 aliphatic heterocycles. The predicted molar refractivity (Wildman–Crippen MR) is 51.8 cm³/mol. The van der Waals surface area contributed by atoms with Gasteiger partial charge in [-0.05, 0) is 0 Å². The molecule has 0 unspecified atom stereocenters. The van der Waals surface area contributed by atoms with Crippen LogP contribution in [0.2, 0.25) is 0 Å². The van der Waals surface area contributed by atoms with E-state index in [9.17, 15) is 13.2 Å². The number of ether oxygens (including phenoxy) is 1. The van der Waals surface area contributed by atoms with Crippen LogP contribution in [0.1, 0.15) is 11.7 Å². The summed E-state index contributed by atoms with van der Waals surface area (Å²) in [5.41, 5.74) is 0. The average Bonchev–Trinajstić information content (AvgIpc) is 2.64. The summed E-state index contributed by atoms with van der Waals surface area (Å²) in [5, 5.41) is 11.7. The van der Waals surface area contributed by atoms with Gasteiger partial charge in [-0.25, -0.2) is 0 Å². The summed E-state index contributed by atoms with van der Waals surface area (Å²) in [6.45, 7) is -1.70. The third-order valence-electron chi connectivity index (χ3n) is 1.40. The molecule has 0 atom stereocenters. The van der Waals surface area contributed by atoms with Crippen LogP contribution in [0.15, 0.2) is 4.52 Å². The second-order valence-corrected chi connectivity index (χ2v) is 3.85. The van der Waals surface area contributed by atoms with E-state index in [-0.39, 0.29) is 24.1 Å². The van der Waals surface area contributed by atoms with E-state index in [4.69, 9.17) is 9.78 Å². The van der Waals surface area contributed by atoms with Crippen molar-refractivity contribution >= 4 is 11.8 Å². The van der Waals surface area contributed by atoms with Crippen LogP contribution in [0.4, 0.5) is 13.2 Å². The minimum Gasteiger partial charge on any atom is -0.364 e. The summed E-state index contributed by atoms with van der Waals surface area (Å²) in [6, 6.07) is 1.92. The largest absolute Gasteiger partial charge is 0.411 e. The van der Waals surface area contributed by atoms with Crippen LogP contribution >= 0.6 is 11.8 Å². The maximum atomic E-state index is 11.7. The molecule has 1 rings (SSSR count). The molecule has 94 valence electrons. The molecule has 17 heavy (non-hydrogen) atoms. The Labute approximate surface area is 98.9 Å². The summed E-state index contributed by atoms with van der Waals surface area (Å²) in [6.07, 6.45) is -4.37. The molecule has 0 N–H and O–H groups in total. The Kier molecular flexibility index (Phi) is 5.24. The fourth-order valence-electron chi connectivity index (χ4n) is 0.849. The Hall–Kier alpha value is -1.27. The topological polar surface area (TPSA) is 71.9 Å². The first kappa shape index (κ1) is 13.8. The second-order valence-electron chi connectivity index (χ2n) is 2.86. The monoisotopic (exact) mass is 267 g/mol. The number of nitriles is 1. The summed E-state index contributed by atoms with van der Waals surface area (Å²) < 4.78 is 44.3. The highest BCUT2D eigenvalue weighted by Gasteiger charge is 2.27. The minimum absolute atomic E-state index is 0.0572. The first-order valence-electron chi connectivity index (χ1n) is 4.42. The molecule has 0 spiro atoms. The minimum atomic E-state index is -4.37. The molecule has 9 heteroatoms. The van der Waals surface area contributed by atoms with Crippen molar-refractivity contribution in [2.75, 3.05) is 12.4 Å². The van der Waals surface area contributed by atoms with Gasteiger partial charge in [-0.2, -0.15) is 23.4 Å². The van der Waals surface area contributed by atoms with Gasteiger partial charge in [0.05, 0.1) is 17.6 Å². The summed E-state index contributed by atoms with van der Waals surface area (Å²) >= 11 is 1.27. The lowest BCUT2D eigenvalue weighted by Crippen LogP contribution is -2.16. The lowest BCUT2D eigenvalue weighted by molar-refractivity contribution is -0.177. The molecule has 0 amide bonds. The van der Waals surface area contributed by atoms with Gasteiger partial charge in [-0.3, -0.25) is 0 Å². The molecule has 1 aromatic heterocycles. The highest BCUT2D eigenvalue weighted by atomic mass is 32.2. The fourth-order valence-corrected chi connectivity index (χ4v) is 1.33. The van der Waals surface area contributed by atoms with Gasteiger partial charge in [0.1, 0.15) is 13.2 Å². The first-order chi connectivity index (χ1) is 8.01. The zero-order valence-electron chi connectivity index (χ0n) is 8.53. The van der Waals surface area contributed by atoms with E-state index in [1.54, 1.807) is 0 Å². The predicted octanol–water partition coefficient (Wildman–Crippen LogP) is 1.91. The highest BCUT2D eigenvalue weighted by molar-refractivity contribution is 7.98. The molecular formula is C8H8F3N3O2S. The molecule has 1 aromatic rings. The highest BCUT2D eigenvalue weighted by Crippen LogP contribution is 2.15. The van der Waals surface area contributed by atoms with Crippen LogP contribution in [0.3, 0.4) is 0 Å². The Balaban J connectivity index is 2.29. The van der Waals surface area contributed by atoms with E-state index >= 15 is 0 Å². The molecule has 1 heterocycles. The zero-order chi connectivity index (χ0) is 12.7. The van der Waals surface area contributed by atoms with Crippen LogP contribution in [-0.2, 0) is 17.1 Å². The van der Waals surface area contributed by atoms with E-state index in [1.165, 1.54) is 11.8 Å². The van der Waals surface area contributed by atoms with E-state index in [0.29, 0.717) is 5.75 Å². The van der Waals surface area contributed by atoms with Crippen LogP contribution in [-0.4, -0.2) is 28.7 Å². The van der Waals surface area contributed by atoms with Crippen molar-refractivity contribution in [3.63, 3.8) is 0 Å². The molecule has 5 nitrogen and oxygen atoms in total. The number of alkyl halides is 3. The Morgan fingerprint density at radius 2 is 2.24 bits per heavy atom. The molecule has 0 fully saturated rings. The van der Waals surface area contributed by atoms with Gasteiger partial charge >= 0.3 is 6.18 Å². The average molecular weight is 267 g/mol. The Bertz CT molecular complexity index is 388. The van der Waals surface area contributed by atoms with Gasteiger partial charge in [0.25, 0.3) is 0 Å². The van der Waals surface area contributed by atoms with Gasteiger partial charge in [0, 0.05) is 0 Å². The van der Waals surface area contributed by atoms with Crippen LogP contribution < -0.4 is 0 Å². The molecule has 0 radical (unpaired) electrons. The number of hydrogen-bond acceptors (Lipinski definition) is 6. The third kappa shape index (κ3) is 6.13. The zero-order valence-corrected chi connectivity index (χ0v) is 9.35. The van der Waals surface area contributed by atoms with Crippen LogP contribution in [0.25, 0.3) is 0 Å². The number of nitrogens with zero attached hydrogens (tertiary/aromatic N) is 3. The third-order valence-corrected chi connectivity index (χ3v) is 2.18. The van der Waals surface area contributed by atoms with Crippen molar-refractivity contribution in [3.8, 4) is 6.07 Å². The van der Waals surface area contributed by atoms with Crippen molar-refractivity contribution in [1.82, 2.24) is 10.1 Å². The quantitative estimate of drug-likeness (QED) is 0.733. The van der Waals surface area contributed by atoms with Crippen molar-refractivity contribution in [2.45, 2.75) is 18.5 Å². The van der Waals surface area contributed by atoms with Crippen LogP contribution in [0.5, 0.6) is 0 Å². The number of halogens is 3. The fraction of sp³-hybridized carbons (Fsp3) is 0.625. The van der Waals surface area contributed by atoms with E-state index < -0.39 is 12.8 Å². The lowest BCUT2D eigenvalue weighted by atomic mass is 10.6. The lowest BCUT2D eigenvalue weighted by Gasteiger charge is -2.04. The number of rotatable bonds is 6. The number of hydrogen-bond donors (Lipinski definition) is 0. The number of aromatic nitrogens is 2. The van der Waals surface area contributed by atoms with Gasteiger partial charge < -0.3 is 9.26 Å². The van der Waals surface area contributed by atoms with Crippen molar-refractivity contribution in [1.29, 1.82) is 5.26 Å². The SMILES string of the molecule is N#CCSCc1nc(COCC(F)(F)F)no1. The van der Waals surface area contributed by atoms with E-state index in [0.717, 1.165) is 0 Å². The molecule has 0 aliphatic rings. The summed E-state index contributed by atoms with van der Waals surface area (Å²) in [7, 11) is 0. The number of thioether (sulfide) groups is 1. The van der Waals surface area contributed by atoms with E-state index in [2.05, 4.69) is 14.9 Å². The second kappa shape index (κ2) is 6.46. The molecule has 0 saturated carbocycles. The van der Waals surface area contributed by atoms with Crippen molar-refractivity contribution in [3.05, 3.63) is 11.7 Å². The molecule has 0 saturated heterocycles. The normalized spacial score (nSPS) is 11.4. The van der Waals surface area contributed by atoms with Gasteiger partial charge in [-0.1, -0.05) is 5.16 Å². The molecular weight excluding hydrogens is 259 g/mol.